The maximum Gasteiger partial charge on any atom is 0.221 e. The van der Waals surface area contributed by atoms with Crippen molar-refractivity contribution in [3.8, 4) is 17.0 Å². The smallest absolute Gasteiger partial charge is 0.221 e. The fourth-order valence-corrected chi connectivity index (χ4v) is 5.48. The minimum atomic E-state index is -1.02. The molecule has 0 saturated heterocycles. The zero-order chi connectivity index (χ0) is 22.3. The number of benzene rings is 1. The Morgan fingerprint density at radius 1 is 1.23 bits per heavy atom. The van der Waals surface area contributed by atoms with Crippen molar-refractivity contribution in [3.63, 3.8) is 0 Å². The number of nitrogens with two attached hydrogens (primary N) is 1. The molecule has 2 aromatic heterocycles. The van der Waals surface area contributed by atoms with Gasteiger partial charge in [-0.1, -0.05) is 16.9 Å². The summed E-state index contributed by atoms with van der Waals surface area (Å²) in [6.45, 7) is 5.49. The minimum Gasteiger partial charge on any atom is -0.481 e. The first-order chi connectivity index (χ1) is 14.7. The van der Waals surface area contributed by atoms with Gasteiger partial charge in [0.15, 0.2) is 5.17 Å². The first kappa shape index (κ1) is 21.3. The van der Waals surface area contributed by atoms with Crippen LogP contribution in [0.3, 0.4) is 0 Å². The molecule has 31 heavy (non-hydrogen) atoms. The van der Waals surface area contributed by atoms with Crippen LogP contribution in [0.2, 0.25) is 0 Å². The molecule has 2 atom stereocenters. The van der Waals surface area contributed by atoms with Gasteiger partial charge in [-0.25, -0.2) is 13.8 Å². The summed E-state index contributed by atoms with van der Waals surface area (Å²) in [5.41, 5.74) is 7.67. The Kier molecular flexibility index (Phi) is 5.47. The van der Waals surface area contributed by atoms with Gasteiger partial charge in [0.25, 0.3) is 0 Å². The highest BCUT2D eigenvalue weighted by atomic mass is 32.2. The van der Waals surface area contributed by atoms with Crippen LogP contribution in [0.4, 0.5) is 8.78 Å². The van der Waals surface area contributed by atoms with Crippen LogP contribution in [0.25, 0.3) is 11.1 Å². The van der Waals surface area contributed by atoms with Crippen molar-refractivity contribution in [2.75, 3.05) is 7.11 Å². The summed E-state index contributed by atoms with van der Waals surface area (Å²) >= 11 is 1.39. The molecule has 0 unspecified atom stereocenters. The van der Waals surface area contributed by atoms with Gasteiger partial charge in [0.2, 0.25) is 5.88 Å². The zero-order valence-corrected chi connectivity index (χ0v) is 18.4. The molecule has 9 heteroatoms. The number of pyridine rings is 1. The summed E-state index contributed by atoms with van der Waals surface area (Å²) in [5.74, 6) is -0.458. The molecule has 0 fully saturated rings. The number of aliphatic imine (C=N–C) groups is 1. The summed E-state index contributed by atoms with van der Waals surface area (Å²) in [4.78, 5) is 8.69. The molecular formula is C22H22F2N4O2S. The van der Waals surface area contributed by atoms with Crippen molar-refractivity contribution in [1.29, 1.82) is 0 Å². The van der Waals surface area contributed by atoms with Crippen molar-refractivity contribution in [2.24, 2.45) is 10.7 Å². The number of hydrogen-bond donors (Lipinski definition) is 1. The molecule has 3 heterocycles. The second kappa shape index (κ2) is 7.96. The van der Waals surface area contributed by atoms with Crippen molar-refractivity contribution >= 4 is 16.9 Å². The molecule has 6 nitrogen and oxygen atoms in total. The third-order valence-electron chi connectivity index (χ3n) is 5.51. The van der Waals surface area contributed by atoms with Gasteiger partial charge >= 0.3 is 0 Å². The Hall–Kier alpha value is -2.94. The SMILES string of the molecule is COc1ncccc1-c1cc([C@]2(C)C[C@@H](c3c(C)noc3C)SC(N)=N2)c(F)cc1F. The summed E-state index contributed by atoms with van der Waals surface area (Å²) in [7, 11) is 1.45. The predicted octanol–water partition coefficient (Wildman–Crippen LogP) is 5.05. The van der Waals surface area contributed by atoms with E-state index in [9.17, 15) is 4.39 Å². The molecular weight excluding hydrogens is 422 g/mol. The Bertz CT molecular complexity index is 1160. The molecule has 0 aliphatic carbocycles. The number of methoxy groups -OCH3 is 1. The van der Waals surface area contributed by atoms with Crippen LogP contribution in [0, 0.1) is 25.5 Å². The van der Waals surface area contributed by atoms with Crippen molar-refractivity contribution in [3.05, 3.63) is 64.7 Å². The van der Waals surface area contributed by atoms with Gasteiger partial charge in [0.1, 0.15) is 17.4 Å². The average molecular weight is 445 g/mol. The van der Waals surface area contributed by atoms with Crippen LogP contribution in [0.1, 0.15) is 41.2 Å². The number of thioether (sulfide) groups is 1. The summed E-state index contributed by atoms with van der Waals surface area (Å²) in [6.07, 6.45) is 1.98. The average Bonchev–Trinajstić information content (AvgIpc) is 3.05. The molecule has 0 amide bonds. The molecule has 0 radical (unpaired) electrons. The van der Waals surface area contributed by atoms with E-state index in [1.165, 1.54) is 24.9 Å². The van der Waals surface area contributed by atoms with Crippen molar-refractivity contribution in [2.45, 2.75) is 38.0 Å². The van der Waals surface area contributed by atoms with Gasteiger partial charge in [-0.05, 0) is 45.4 Å². The second-order valence-corrected chi connectivity index (χ2v) is 8.87. The van der Waals surface area contributed by atoms with Crippen LogP contribution < -0.4 is 10.5 Å². The highest BCUT2D eigenvalue weighted by molar-refractivity contribution is 8.14. The maximum absolute atomic E-state index is 15.1. The zero-order valence-electron chi connectivity index (χ0n) is 17.6. The van der Waals surface area contributed by atoms with Crippen molar-refractivity contribution in [1.82, 2.24) is 10.1 Å². The number of aromatic nitrogens is 2. The van der Waals surface area contributed by atoms with E-state index in [1.807, 2.05) is 13.8 Å². The number of aryl methyl sites for hydroxylation is 2. The summed E-state index contributed by atoms with van der Waals surface area (Å²) in [5, 5.41) is 4.22. The molecule has 0 bridgehead atoms. The first-order valence-corrected chi connectivity index (χ1v) is 10.5. The fraction of sp³-hybridized carbons (Fsp3) is 0.318. The molecule has 1 aliphatic heterocycles. The minimum absolute atomic E-state index is 0.130. The van der Waals surface area contributed by atoms with E-state index in [0.29, 0.717) is 22.9 Å². The van der Waals surface area contributed by atoms with Crippen LogP contribution in [0.15, 0.2) is 40.0 Å². The third kappa shape index (κ3) is 3.78. The van der Waals surface area contributed by atoms with Crippen LogP contribution in [-0.4, -0.2) is 22.4 Å². The van der Waals surface area contributed by atoms with Crippen LogP contribution >= 0.6 is 11.8 Å². The third-order valence-corrected chi connectivity index (χ3v) is 6.52. The van der Waals surface area contributed by atoms with Gasteiger partial charge < -0.3 is 15.0 Å². The highest BCUT2D eigenvalue weighted by Crippen LogP contribution is 2.49. The Morgan fingerprint density at radius 2 is 2.00 bits per heavy atom. The lowest BCUT2D eigenvalue weighted by Crippen LogP contribution is -2.31. The number of hydrogen-bond acceptors (Lipinski definition) is 7. The second-order valence-electron chi connectivity index (χ2n) is 7.64. The van der Waals surface area contributed by atoms with E-state index >= 15 is 4.39 Å². The summed E-state index contributed by atoms with van der Waals surface area (Å²) < 4.78 is 40.5. The first-order valence-electron chi connectivity index (χ1n) is 9.67. The van der Waals surface area contributed by atoms with Gasteiger partial charge in [0.05, 0.1) is 18.3 Å². The maximum atomic E-state index is 15.1. The molecule has 1 aliphatic rings. The highest BCUT2D eigenvalue weighted by Gasteiger charge is 2.40. The van der Waals surface area contributed by atoms with E-state index in [1.54, 1.807) is 25.3 Å². The van der Waals surface area contributed by atoms with E-state index in [4.69, 9.17) is 15.0 Å². The fourth-order valence-electron chi connectivity index (χ4n) is 4.07. The molecule has 3 aromatic rings. The van der Waals surface area contributed by atoms with Gasteiger partial charge in [-0.15, -0.1) is 0 Å². The lowest BCUT2D eigenvalue weighted by molar-refractivity contribution is 0.389. The van der Waals surface area contributed by atoms with E-state index in [-0.39, 0.29) is 22.3 Å². The largest absolute Gasteiger partial charge is 0.481 e. The number of amidine groups is 1. The lowest BCUT2D eigenvalue weighted by atomic mass is 9.84. The lowest BCUT2D eigenvalue weighted by Gasteiger charge is -2.35. The normalized spacial score (nSPS) is 21.1. The molecule has 162 valence electrons. The predicted molar refractivity (Wildman–Crippen MR) is 116 cm³/mol. The van der Waals surface area contributed by atoms with Crippen LogP contribution in [0.5, 0.6) is 5.88 Å². The molecule has 1 aromatic carbocycles. The van der Waals surface area contributed by atoms with E-state index < -0.39 is 17.2 Å². The van der Waals surface area contributed by atoms with Gasteiger partial charge in [-0.2, -0.15) is 0 Å². The summed E-state index contributed by atoms with van der Waals surface area (Å²) in [6, 6.07) is 5.69. The van der Waals surface area contributed by atoms with Gasteiger partial charge in [0, 0.05) is 39.8 Å². The molecule has 0 saturated carbocycles. The standard InChI is InChI=1S/C22H22F2N4O2S/c1-11-19(12(2)30-28-11)18-10-22(3,27-21(25)31-18)15-8-14(16(23)9-17(15)24)13-6-5-7-26-20(13)29-4/h5-9,18H,10H2,1-4H3,(H2,25,27)/t18-,22-/m0/s1. The Labute approximate surface area is 182 Å². The quantitative estimate of drug-likeness (QED) is 0.606. The molecule has 0 spiro atoms. The molecule has 4 rings (SSSR count). The van der Waals surface area contributed by atoms with E-state index in [2.05, 4.69) is 15.1 Å². The number of ether oxygens (including phenoxy) is 1. The van der Waals surface area contributed by atoms with Crippen LogP contribution in [-0.2, 0) is 5.54 Å². The monoisotopic (exact) mass is 444 g/mol. The van der Waals surface area contributed by atoms with Gasteiger partial charge in [-0.3, -0.25) is 4.99 Å². The van der Waals surface area contributed by atoms with Crippen molar-refractivity contribution < 1.29 is 18.0 Å². The topological polar surface area (TPSA) is 86.5 Å². The Balaban J connectivity index is 1.84. The number of rotatable bonds is 4. The number of halogens is 2. The molecule has 2 N–H and O–H groups in total. The van der Waals surface area contributed by atoms with E-state index in [0.717, 1.165) is 17.3 Å². The Morgan fingerprint density at radius 3 is 2.68 bits per heavy atom. The number of nitrogens with zero attached hydrogens (tertiary/aromatic N) is 3.